The number of benzene rings is 8. The van der Waals surface area contributed by atoms with Gasteiger partial charge in [0.25, 0.3) is 0 Å². The monoisotopic (exact) mass is 672 g/mol. The van der Waals surface area contributed by atoms with Crippen molar-refractivity contribution in [1.29, 1.82) is 0 Å². The van der Waals surface area contributed by atoms with Gasteiger partial charge in [-0.2, -0.15) is 0 Å². The summed E-state index contributed by atoms with van der Waals surface area (Å²) < 4.78 is 7.67. The molecule has 0 bridgehead atoms. The summed E-state index contributed by atoms with van der Waals surface area (Å²) in [6.07, 6.45) is 0. The molecule has 11 aromatic rings. The van der Waals surface area contributed by atoms with E-state index in [1.54, 1.807) is 0 Å². The van der Waals surface area contributed by atoms with Crippen LogP contribution in [0.4, 0.5) is 17.1 Å². The first-order valence-corrected chi connectivity index (χ1v) is 18.6. The maximum atomic E-state index is 2.42. The van der Waals surface area contributed by atoms with Crippen LogP contribution in [-0.2, 0) is 0 Å². The predicted octanol–water partition coefficient (Wildman–Crippen LogP) is 14.1. The quantitative estimate of drug-likeness (QED) is 0.181. The van der Waals surface area contributed by atoms with E-state index in [0.29, 0.717) is 0 Å². The van der Waals surface area contributed by atoms with Gasteiger partial charge < -0.3 is 9.47 Å². The Morgan fingerprint density at radius 3 is 1.48 bits per heavy atom. The number of rotatable bonds is 4. The van der Waals surface area contributed by atoms with Gasteiger partial charge in [0.2, 0.25) is 0 Å². The molecule has 0 fully saturated rings. The Bertz CT molecular complexity index is 2990. The molecule has 11 rings (SSSR count). The second-order valence-electron chi connectivity index (χ2n) is 13.0. The number of thiophene rings is 2. The molecule has 0 aliphatic rings. The van der Waals surface area contributed by atoms with E-state index in [0.717, 1.165) is 22.7 Å². The number of nitrogens with zero attached hydrogens (tertiary/aromatic N) is 2. The van der Waals surface area contributed by atoms with E-state index >= 15 is 0 Å². The van der Waals surface area contributed by atoms with Gasteiger partial charge in [-0.3, -0.25) is 0 Å². The van der Waals surface area contributed by atoms with E-state index in [1.165, 1.54) is 72.9 Å². The lowest BCUT2D eigenvalue weighted by atomic mass is 10.1. The number of hydrogen-bond acceptors (Lipinski definition) is 3. The summed E-state index contributed by atoms with van der Waals surface area (Å²) in [4.78, 5) is 2.42. The van der Waals surface area contributed by atoms with Crippen molar-refractivity contribution in [3.63, 3.8) is 0 Å². The van der Waals surface area contributed by atoms with E-state index in [1.807, 2.05) is 22.7 Å². The molecule has 0 unspecified atom stereocenters. The van der Waals surface area contributed by atoms with Crippen LogP contribution in [-0.4, -0.2) is 4.57 Å². The summed E-state index contributed by atoms with van der Waals surface area (Å²) in [5, 5.41) is 10.3. The summed E-state index contributed by atoms with van der Waals surface area (Å²) in [5.74, 6) is 0. The van der Waals surface area contributed by atoms with Crippen molar-refractivity contribution in [1.82, 2.24) is 4.57 Å². The zero-order chi connectivity index (χ0) is 32.8. The molecule has 0 atom stereocenters. The molecule has 2 nitrogen and oxygen atoms in total. The van der Waals surface area contributed by atoms with E-state index < -0.39 is 0 Å². The topological polar surface area (TPSA) is 8.17 Å². The Labute approximate surface area is 296 Å². The van der Waals surface area contributed by atoms with Gasteiger partial charge in [-0.15, -0.1) is 22.7 Å². The van der Waals surface area contributed by atoms with Gasteiger partial charge >= 0.3 is 0 Å². The van der Waals surface area contributed by atoms with Crippen molar-refractivity contribution in [2.24, 2.45) is 0 Å². The second-order valence-corrected chi connectivity index (χ2v) is 15.1. The van der Waals surface area contributed by atoms with E-state index in [2.05, 4.69) is 179 Å². The fraction of sp³-hybridized carbons (Fsp3) is 0. The Balaban J connectivity index is 1.12. The van der Waals surface area contributed by atoms with Crippen LogP contribution in [0.2, 0.25) is 0 Å². The second kappa shape index (κ2) is 10.8. The smallest absolute Gasteiger partial charge is 0.0547 e. The molecule has 0 radical (unpaired) electrons. The minimum absolute atomic E-state index is 1.12. The number of fused-ring (bicyclic) bond motifs is 10. The first-order valence-electron chi connectivity index (χ1n) is 16.9. The third-order valence-corrected chi connectivity index (χ3v) is 12.4. The molecular weight excluding hydrogens is 645 g/mol. The van der Waals surface area contributed by atoms with E-state index in [4.69, 9.17) is 0 Å². The van der Waals surface area contributed by atoms with Gasteiger partial charge in [-0.25, -0.2) is 0 Å². The summed E-state index contributed by atoms with van der Waals surface area (Å²) in [6, 6.07) is 62.6. The molecule has 0 saturated carbocycles. The average molecular weight is 673 g/mol. The highest BCUT2D eigenvalue weighted by Crippen LogP contribution is 2.44. The van der Waals surface area contributed by atoms with Crippen LogP contribution in [0.15, 0.2) is 170 Å². The van der Waals surface area contributed by atoms with Gasteiger partial charge in [0.15, 0.2) is 0 Å². The lowest BCUT2D eigenvalue weighted by Crippen LogP contribution is -2.10. The largest absolute Gasteiger partial charge is 0.310 e. The van der Waals surface area contributed by atoms with Crippen LogP contribution in [0.1, 0.15) is 0 Å². The van der Waals surface area contributed by atoms with E-state index in [-0.39, 0.29) is 0 Å². The maximum Gasteiger partial charge on any atom is 0.0547 e. The van der Waals surface area contributed by atoms with Crippen molar-refractivity contribution in [2.45, 2.75) is 0 Å². The molecule has 3 heterocycles. The van der Waals surface area contributed by atoms with Crippen molar-refractivity contribution in [3.8, 4) is 5.69 Å². The number of aromatic nitrogens is 1. The van der Waals surface area contributed by atoms with Gasteiger partial charge in [0.05, 0.1) is 11.0 Å². The Hall–Kier alpha value is -5.94. The zero-order valence-corrected chi connectivity index (χ0v) is 28.5. The summed E-state index contributed by atoms with van der Waals surface area (Å²) >= 11 is 3.72. The normalized spacial score (nSPS) is 12.0. The number of anilines is 3. The predicted molar refractivity (Wildman–Crippen MR) is 219 cm³/mol. The molecule has 3 aromatic heterocycles. The fourth-order valence-electron chi connectivity index (χ4n) is 7.84. The molecule has 0 saturated heterocycles. The molecule has 0 spiro atoms. The van der Waals surface area contributed by atoms with Crippen molar-refractivity contribution in [2.75, 3.05) is 4.90 Å². The van der Waals surface area contributed by atoms with Gasteiger partial charge in [-0.1, -0.05) is 78.9 Å². The highest BCUT2D eigenvalue weighted by atomic mass is 32.1. The van der Waals surface area contributed by atoms with Gasteiger partial charge in [0.1, 0.15) is 0 Å². The molecule has 234 valence electrons. The summed E-state index contributed by atoms with van der Waals surface area (Å²) in [7, 11) is 0. The maximum absolute atomic E-state index is 2.42. The zero-order valence-electron chi connectivity index (χ0n) is 26.9. The third-order valence-electron chi connectivity index (χ3n) is 10.1. The Kier molecular flexibility index (Phi) is 6.03. The fourth-order valence-corrected chi connectivity index (χ4v) is 10.0. The highest BCUT2D eigenvalue weighted by molar-refractivity contribution is 7.26. The molecule has 0 amide bonds. The molecule has 50 heavy (non-hydrogen) atoms. The summed E-state index contributed by atoms with van der Waals surface area (Å²) in [6.45, 7) is 0. The van der Waals surface area contributed by atoms with Crippen LogP contribution in [0, 0.1) is 0 Å². The molecule has 0 N–H and O–H groups in total. The minimum Gasteiger partial charge on any atom is -0.310 e. The standard InChI is InChI=1S/C46H28N2S2/c1-2-10-30-26-42-38(25-29(30)9-1)35-11-3-6-14-41(35)48(42)32-19-17-31(18-20-32)47(33-21-23-45-39(27-33)36-12-4-7-15-43(36)49-45)34-22-24-46-40(28-34)37-13-5-8-16-44(37)50-46/h1-28H. The van der Waals surface area contributed by atoms with Crippen LogP contribution < -0.4 is 4.90 Å². The Morgan fingerprint density at radius 2 is 0.840 bits per heavy atom. The van der Waals surface area contributed by atoms with E-state index in [9.17, 15) is 0 Å². The molecule has 4 heteroatoms. The van der Waals surface area contributed by atoms with Crippen LogP contribution in [0.25, 0.3) is 78.6 Å². The molecule has 8 aromatic carbocycles. The lowest BCUT2D eigenvalue weighted by molar-refractivity contribution is 1.18. The Morgan fingerprint density at radius 1 is 0.340 bits per heavy atom. The first kappa shape index (κ1) is 28.0. The van der Waals surface area contributed by atoms with Crippen LogP contribution >= 0.6 is 22.7 Å². The van der Waals surface area contributed by atoms with Crippen LogP contribution in [0.5, 0.6) is 0 Å². The molecular formula is C46H28N2S2. The lowest BCUT2D eigenvalue weighted by Gasteiger charge is -2.26. The number of hydrogen-bond donors (Lipinski definition) is 0. The molecule has 0 aliphatic heterocycles. The third kappa shape index (κ3) is 4.19. The molecule has 0 aliphatic carbocycles. The van der Waals surface area contributed by atoms with Gasteiger partial charge in [0, 0.05) is 73.9 Å². The first-order chi connectivity index (χ1) is 24.8. The van der Waals surface area contributed by atoms with Crippen molar-refractivity contribution in [3.05, 3.63) is 170 Å². The van der Waals surface area contributed by atoms with Crippen molar-refractivity contribution >= 4 is 113 Å². The average Bonchev–Trinajstić information content (AvgIpc) is 3.83. The summed E-state index contributed by atoms with van der Waals surface area (Å²) in [5.41, 5.74) is 7.00. The van der Waals surface area contributed by atoms with Crippen molar-refractivity contribution < 1.29 is 0 Å². The van der Waals surface area contributed by atoms with Gasteiger partial charge in [-0.05, 0) is 102 Å². The van der Waals surface area contributed by atoms with Crippen LogP contribution in [0.3, 0.4) is 0 Å². The number of para-hydroxylation sites is 1. The minimum atomic E-state index is 1.12. The highest BCUT2D eigenvalue weighted by Gasteiger charge is 2.18. The SMILES string of the molecule is c1ccc2cc3c(cc2c1)c1ccccc1n3-c1ccc(N(c2ccc3sc4ccccc4c3c2)c2ccc3sc4ccccc4c3c2)cc1.